The molecule has 1 aromatic heterocycles. The molecule has 2 N–H and O–H groups in total. The minimum atomic E-state index is -1.02. The summed E-state index contributed by atoms with van der Waals surface area (Å²) in [6.45, 7) is 3.41. The van der Waals surface area contributed by atoms with Crippen molar-refractivity contribution in [2.24, 2.45) is 0 Å². The zero-order chi connectivity index (χ0) is 15.2. The third-order valence-corrected chi connectivity index (χ3v) is 4.32. The van der Waals surface area contributed by atoms with Gasteiger partial charge in [0.1, 0.15) is 6.10 Å². The Labute approximate surface area is 128 Å². The average Bonchev–Trinajstić information content (AvgIpc) is 3.00. The summed E-state index contributed by atoms with van der Waals surface area (Å²) in [7, 11) is 0. The third-order valence-electron chi connectivity index (χ3n) is 3.47. The van der Waals surface area contributed by atoms with Crippen molar-refractivity contribution < 1.29 is 15.0 Å². The van der Waals surface area contributed by atoms with Crippen LogP contribution in [0.5, 0.6) is 0 Å². The van der Waals surface area contributed by atoms with E-state index < -0.39 is 12.2 Å². The van der Waals surface area contributed by atoms with Crippen molar-refractivity contribution in [2.45, 2.75) is 38.4 Å². The first kappa shape index (κ1) is 16.2. The highest BCUT2D eigenvalue weighted by atomic mass is 32.2. The number of anilines is 1. The molecule has 2 atom stereocenters. The molecule has 6 nitrogen and oxygen atoms in total. The Balaban J connectivity index is 1.89. The van der Waals surface area contributed by atoms with E-state index in [1.165, 1.54) is 6.92 Å². The molecule has 2 heterocycles. The molecule has 0 aliphatic carbocycles. The molecule has 116 valence electrons. The molecule has 0 spiro atoms. The highest BCUT2D eigenvalue weighted by Crippen LogP contribution is 2.21. The van der Waals surface area contributed by atoms with Crippen LogP contribution >= 0.6 is 11.8 Å². The first-order chi connectivity index (χ1) is 10.1. The number of carbonyl (C=O) groups is 1. The molecule has 0 radical (unpaired) electrons. The van der Waals surface area contributed by atoms with E-state index >= 15 is 0 Å². The van der Waals surface area contributed by atoms with Crippen molar-refractivity contribution in [1.29, 1.82) is 0 Å². The van der Waals surface area contributed by atoms with Crippen LogP contribution in [-0.4, -0.2) is 50.2 Å². The van der Waals surface area contributed by atoms with E-state index in [0.29, 0.717) is 23.7 Å². The van der Waals surface area contributed by atoms with Crippen LogP contribution in [0.25, 0.3) is 0 Å². The number of hydrogen-bond acceptors (Lipinski definition) is 7. The molecule has 0 amide bonds. The maximum absolute atomic E-state index is 10.8. The Kier molecular flexibility index (Phi) is 5.96. The fourth-order valence-electron chi connectivity index (χ4n) is 2.27. The van der Waals surface area contributed by atoms with Crippen LogP contribution in [0.15, 0.2) is 12.4 Å². The first-order valence-electron chi connectivity index (χ1n) is 7.14. The standard InChI is InChI=1S/C14H21N3O3S/c1-10(18)21-7-4-12(19)13(20)11-8-15-14(16-9-11)17-5-2-3-6-17/h8-9,12-13,19-20H,2-7H2,1H3. The van der Waals surface area contributed by atoms with E-state index in [0.717, 1.165) is 37.7 Å². The second kappa shape index (κ2) is 7.72. The number of nitrogens with zero attached hydrogens (tertiary/aromatic N) is 3. The van der Waals surface area contributed by atoms with Crippen LogP contribution in [0.3, 0.4) is 0 Å². The molecule has 0 bridgehead atoms. The van der Waals surface area contributed by atoms with Gasteiger partial charge in [0, 0.05) is 43.7 Å². The van der Waals surface area contributed by atoms with Gasteiger partial charge in [-0.2, -0.15) is 0 Å². The topological polar surface area (TPSA) is 86.5 Å². The fraction of sp³-hybridized carbons (Fsp3) is 0.643. The molecule has 2 rings (SSSR count). The summed E-state index contributed by atoms with van der Waals surface area (Å²) < 4.78 is 0. The monoisotopic (exact) mass is 311 g/mol. The molecule has 7 heteroatoms. The molecule has 1 saturated heterocycles. The second-order valence-electron chi connectivity index (χ2n) is 5.15. The van der Waals surface area contributed by atoms with E-state index in [2.05, 4.69) is 14.9 Å². The number of hydrogen-bond donors (Lipinski definition) is 2. The summed E-state index contributed by atoms with van der Waals surface area (Å²) in [5.41, 5.74) is 0.498. The van der Waals surface area contributed by atoms with Crippen LogP contribution < -0.4 is 4.90 Å². The van der Waals surface area contributed by atoms with Gasteiger partial charge in [0.25, 0.3) is 0 Å². The van der Waals surface area contributed by atoms with Gasteiger partial charge < -0.3 is 15.1 Å². The molecule has 1 aromatic rings. The lowest BCUT2D eigenvalue weighted by Gasteiger charge is -2.19. The molecular formula is C14H21N3O3S. The van der Waals surface area contributed by atoms with Crippen LogP contribution in [-0.2, 0) is 4.79 Å². The van der Waals surface area contributed by atoms with Gasteiger partial charge in [-0.25, -0.2) is 9.97 Å². The number of aliphatic hydroxyl groups excluding tert-OH is 2. The molecule has 0 saturated carbocycles. The normalized spacial score (nSPS) is 17.8. The highest BCUT2D eigenvalue weighted by Gasteiger charge is 2.20. The van der Waals surface area contributed by atoms with Crippen molar-refractivity contribution in [3.05, 3.63) is 18.0 Å². The summed E-state index contributed by atoms with van der Waals surface area (Å²) in [5.74, 6) is 1.16. The molecule has 0 aromatic carbocycles. The SMILES string of the molecule is CC(=O)SCCC(O)C(O)c1cnc(N2CCCC2)nc1. The minimum Gasteiger partial charge on any atom is -0.390 e. The van der Waals surface area contributed by atoms with Crippen molar-refractivity contribution in [3.63, 3.8) is 0 Å². The lowest BCUT2D eigenvalue weighted by Crippen LogP contribution is -2.22. The van der Waals surface area contributed by atoms with Gasteiger partial charge in [0.15, 0.2) is 5.12 Å². The molecule has 21 heavy (non-hydrogen) atoms. The summed E-state index contributed by atoms with van der Waals surface area (Å²) in [5, 5.41) is 20.0. The summed E-state index contributed by atoms with van der Waals surface area (Å²) >= 11 is 1.14. The maximum Gasteiger partial charge on any atom is 0.225 e. The number of aromatic nitrogens is 2. The van der Waals surface area contributed by atoms with Crippen molar-refractivity contribution in [3.8, 4) is 0 Å². The van der Waals surface area contributed by atoms with Crippen molar-refractivity contribution >= 4 is 22.8 Å². The average molecular weight is 311 g/mol. The number of carbonyl (C=O) groups excluding carboxylic acids is 1. The van der Waals surface area contributed by atoms with Crippen LogP contribution in [0, 0.1) is 0 Å². The van der Waals surface area contributed by atoms with E-state index in [9.17, 15) is 15.0 Å². The molecule has 2 unspecified atom stereocenters. The molecular weight excluding hydrogens is 290 g/mol. The van der Waals surface area contributed by atoms with Gasteiger partial charge in [-0.15, -0.1) is 0 Å². The third kappa shape index (κ3) is 4.66. The molecule has 1 aliphatic heterocycles. The number of aliphatic hydroxyl groups is 2. The van der Waals surface area contributed by atoms with Gasteiger partial charge in [0.05, 0.1) is 6.10 Å². The Morgan fingerprint density at radius 2 is 1.95 bits per heavy atom. The quantitative estimate of drug-likeness (QED) is 0.814. The molecule has 1 aliphatic rings. The predicted molar refractivity (Wildman–Crippen MR) is 82.2 cm³/mol. The van der Waals surface area contributed by atoms with Crippen LogP contribution in [0.1, 0.15) is 37.9 Å². The zero-order valence-electron chi connectivity index (χ0n) is 12.1. The summed E-state index contributed by atoms with van der Waals surface area (Å²) in [6.07, 6.45) is 3.84. The predicted octanol–water partition coefficient (Wildman–Crippen LogP) is 1.14. The van der Waals surface area contributed by atoms with Gasteiger partial charge in [-0.3, -0.25) is 4.79 Å². The zero-order valence-corrected chi connectivity index (χ0v) is 12.9. The summed E-state index contributed by atoms with van der Waals surface area (Å²) in [4.78, 5) is 21.4. The van der Waals surface area contributed by atoms with Crippen molar-refractivity contribution in [2.75, 3.05) is 23.7 Å². The van der Waals surface area contributed by atoms with E-state index in [1.54, 1.807) is 12.4 Å². The lowest BCUT2D eigenvalue weighted by molar-refractivity contribution is -0.109. The van der Waals surface area contributed by atoms with Crippen LogP contribution in [0.4, 0.5) is 5.95 Å². The number of thioether (sulfide) groups is 1. The molecule has 1 fully saturated rings. The largest absolute Gasteiger partial charge is 0.390 e. The Morgan fingerprint density at radius 1 is 1.33 bits per heavy atom. The Morgan fingerprint density at radius 3 is 2.52 bits per heavy atom. The minimum absolute atomic E-state index is 0.00925. The maximum atomic E-state index is 10.8. The van der Waals surface area contributed by atoms with E-state index in [-0.39, 0.29) is 5.12 Å². The van der Waals surface area contributed by atoms with E-state index in [1.807, 2.05) is 0 Å². The van der Waals surface area contributed by atoms with Crippen molar-refractivity contribution in [1.82, 2.24) is 9.97 Å². The summed E-state index contributed by atoms with van der Waals surface area (Å²) in [6, 6.07) is 0. The van der Waals surface area contributed by atoms with Gasteiger partial charge in [-0.05, 0) is 19.3 Å². The highest BCUT2D eigenvalue weighted by molar-refractivity contribution is 8.13. The second-order valence-corrected chi connectivity index (χ2v) is 6.42. The van der Waals surface area contributed by atoms with Crippen LogP contribution in [0.2, 0.25) is 0 Å². The van der Waals surface area contributed by atoms with Gasteiger partial charge in [-0.1, -0.05) is 11.8 Å². The lowest BCUT2D eigenvalue weighted by atomic mass is 10.1. The van der Waals surface area contributed by atoms with E-state index in [4.69, 9.17) is 0 Å². The fourth-order valence-corrected chi connectivity index (χ4v) is 2.91. The van der Waals surface area contributed by atoms with Gasteiger partial charge in [0.2, 0.25) is 5.95 Å². The number of rotatable bonds is 6. The first-order valence-corrected chi connectivity index (χ1v) is 8.13. The van der Waals surface area contributed by atoms with Gasteiger partial charge >= 0.3 is 0 Å². The smallest absolute Gasteiger partial charge is 0.225 e. The Bertz CT molecular complexity index is 463. The Hall–Kier alpha value is -1.18.